The standard InChI is InChI=1S/C10H10BrClO2/c1-2-7(10(13)14)8-4-3-6(11)5-9(8)12/h3-5,7H,2H2,1H3,(H,13,14). The Bertz CT molecular complexity index is 352. The molecular weight excluding hydrogens is 267 g/mol. The zero-order valence-electron chi connectivity index (χ0n) is 7.63. The summed E-state index contributed by atoms with van der Waals surface area (Å²) in [6, 6.07) is 5.25. The van der Waals surface area contributed by atoms with Crippen LogP contribution in [0.3, 0.4) is 0 Å². The molecule has 0 radical (unpaired) electrons. The van der Waals surface area contributed by atoms with Gasteiger partial charge in [-0.15, -0.1) is 0 Å². The Morgan fingerprint density at radius 2 is 2.29 bits per heavy atom. The highest BCUT2D eigenvalue weighted by Gasteiger charge is 2.19. The summed E-state index contributed by atoms with van der Waals surface area (Å²) in [7, 11) is 0. The molecular formula is C10H10BrClO2. The zero-order valence-corrected chi connectivity index (χ0v) is 9.97. The van der Waals surface area contributed by atoms with Crippen molar-refractivity contribution in [3.63, 3.8) is 0 Å². The van der Waals surface area contributed by atoms with Gasteiger partial charge in [0, 0.05) is 9.50 Å². The van der Waals surface area contributed by atoms with Crippen LogP contribution in [0.5, 0.6) is 0 Å². The molecule has 0 saturated carbocycles. The van der Waals surface area contributed by atoms with Gasteiger partial charge in [0.15, 0.2) is 0 Å². The number of halogens is 2. The normalized spacial score (nSPS) is 12.5. The topological polar surface area (TPSA) is 37.3 Å². The maximum Gasteiger partial charge on any atom is 0.311 e. The Hall–Kier alpha value is -0.540. The molecule has 0 bridgehead atoms. The van der Waals surface area contributed by atoms with E-state index in [-0.39, 0.29) is 0 Å². The number of carboxylic acid groups (broad SMARTS) is 1. The first-order chi connectivity index (χ1) is 6.56. The van der Waals surface area contributed by atoms with E-state index >= 15 is 0 Å². The zero-order chi connectivity index (χ0) is 10.7. The molecule has 0 heterocycles. The van der Waals surface area contributed by atoms with E-state index in [1.807, 2.05) is 6.92 Å². The van der Waals surface area contributed by atoms with Crippen LogP contribution >= 0.6 is 27.5 Å². The molecule has 0 fully saturated rings. The van der Waals surface area contributed by atoms with Gasteiger partial charge in [0.25, 0.3) is 0 Å². The molecule has 0 aliphatic carbocycles. The largest absolute Gasteiger partial charge is 0.481 e. The van der Waals surface area contributed by atoms with Crippen LogP contribution in [0.4, 0.5) is 0 Å². The molecule has 1 N–H and O–H groups in total. The Morgan fingerprint density at radius 3 is 2.71 bits per heavy atom. The smallest absolute Gasteiger partial charge is 0.311 e. The molecule has 0 aliphatic rings. The van der Waals surface area contributed by atoms with Crippen LogP contribution in [-0.2, 0) is 4.79 Å². The van der Waals surface area contributed by atoms with Crippen LogP contribution in [0.15, 0.2) is 22.7 Å². The minimum absolute atomic E-state index is 0.494. The van der Waals surface area contributed by atoms with Gasteiger partial charge in [-0.25, -0.2) is 0 Å². The molecule has 76 valence electrons. The summed E-state index contributed by atoms with van der Waals surface area (Å²) >= 11 is 9.23. The second kappa shape index (κ2) is 4.80. The van der Waals surface area contributed by atoms with Gasteiger partial charge < -0.3 is 5.11 Å². The molecule has 4 heteroatoms. The fraction of sp³-hybridized carbons (Fsp3) is 0.300. The monoisotopic (exact) mass is 276 g/mol. The average molecular weight is 278 g/mol. The van der Waals surface area contributed by atoms with Crippen molar-refractivity contribution in [1.29, 1.82) is 0 Å². The number of carbonyl (C=O) groups is 1. The Morgan fingerprint density at radius 1 is 1.64 bits per heavy atom. The van der Waals surface area contributed by atoms with E-state index < -0.39 is 11.9 Å². The summed E-state index contributed by atoms with van der Waals surface area (Å²) in [6.07, 6.45) is 0.538. The third kappa shape index (κ3) is 2.49. The van der Waals surface area contributed by atoms with Gasteiger partial charge in [0.05, 0.1) is 5.92 Å². The summed E-state index contributed by atoms with van der Waals surface area (Å²) in [5, 5.41) is 9.44. The van der Waals surface area contributed by atoms with Gasteiger partial charge in [-0.05, 0) is 24.1 Å². The molecule has 1 aromatic carbocycles. The molecule has 1 rings (SSSR count). The second-order valence-electron chi connectivity index (χ2n) is 2.96. The first-order valence-corrected chi connectivity index (χ1v) is 5.41. The van der Waals surface area contributed by atoms with Crippen molar-refractivity contribution in [3.05, 3.63) is 33.3 Å². The van der Waals surface area contributed by atoms with E-state index in [4.69, 9.17) is 16.7 Å². The van der Waals surface area contributed by atoms with Crippen molar-refractivity contribution < 1.29 is 9.90 Å². The van der Waals surface area contributed by atoms with E-state index in [2.05, 4.69) is 15.9 Å². The van der Waals surface area contributed by atoms with Crippen LogP contribution in [0.25, 0.3) is 0 Å². The predicted octanol–water partition coefficient (Wildman–Crippen LogP) is 3.68. The molecule has 1 unspecified atom stereocenters. The maximum atomic E-state index is 10.9. The first kappa shape index (κ1) is 11.5. The predicted molar refractivity (Wildman–Crippen MR) is 59.8 cm³/mol. The summed E-state index contributed by atoms with van der Waals surface area (Å²) in [5.41, 5.74) is 0.671. The fourth-order valence-corrected chi connectivity index (χ4v) is 2.12. The molecule has 0 spiro atoms. The fourth-order valence-electron chi connectivity index (χ4n) is 1.31. The Kier molecular flexibility index (Phi) is 3.96. The number of hydrogen-bond acceptors (Lipinski definition) is 1. The molecule has 14 heavy (non-hydrogen) atoms. The van der Waals surface area contributed by atoms with E-state index in [0.717, 1.165) is 4.47 Å². The number of hydrogen-bond donors (Lipinski definition) is 1. The Labute approximate surface area is 96.0 Å². The quantitative estimate of drug-likeness (QED) is 0.915. The first-order valence-electron chi connectivity index (χ1n) is 4.24. The number of carboxylic acids is 1. The summed E-state index contributed by atoms with van der Waals surface area (Å²) in [5.74, 6) is -1.35. The van der Waals surface area contributed by atoms with E-state index in [1.165, 1.54) is 0 Å². The summed E-state index contributed by atoms with van der Waals surface area (Å²) < 4.78 is 0.853. The van der Waals surface area contributed by atoms with Gasteiger partial charge in [0.2, 0.25) is 0 Å². The van der Waals surface area contributed by atoms with Gasteiger partial charge in [-0.1, -0.05) is 40.5 Å². The summed E-state index contributed by atoms with van der Waals surface area (Å²) in [6.45, 7) is 1.83. The SMILES string of the molecule is CCC(C(=O)O)c1ccc(Br)cc1Cl. The van der Waals surface area contributed by atoms with Gasteiger partial charge in [-0.2, -0.15) is 0 Å². The number of rotatable bonds is 3. The second-order valence-corrected chi connectivity index (χ2v) is 4.29. The lowest BCUT2D eigenvalue weighted by Gasteiger charge is -2.11. The van der Waals surface area contributed by atoms with Crippen molar-refractivity contribution in [2.24, 2.45) is 0 Å². The van der Waals surface area contributed by atoms with E-state index in [1.54, 1.807) is 18.2 Å². The molecule has 1 aromatic rings. The minimum atomic E-state index is -0.836. The number of benzene rings is 1. The maximum absolute atomic E-state index is 10.9. The minimum Gasteiger partial charge on any atom is -0.481 e. The van der Waals surface area contributed by atoms with Gasteiger partial charge in [0.1, 0.15) is 0 Å². The molecule has 0 amide bonds. The number of aliphatic carboxylic acids is 1. The van der Waals surface area contributed by atoms with Crippen molar-refractivity contribution in [1.82, 2.24) is 0 Å². The van der Waals surface area contributed by atoms with Crippen molar-refractivity contribution >= 4 is 33.5 Å². The molecule has 0 saturated heterocycles. The summed E-state index contributed by atoms with van der Waals surface area (Å²) in [4.78, 5) is 10.9. The van der Waals surface area contributed by atoms with Crippen molar-refractivity contribution in [2.45, 2.75) is 19.3 Å². The van der Waals surface area contributed by atoms with Crippen LogP contribution in [-0.4, -0.2) is 11.1 Å². The molecule has 2 nitrogen and oxygen atoms in total. The lowest BCUT2D eigenvalue weighted by molar-refractivity contribution is -0.138. The molecule has 0 aromatic heterocycles. The van der Waals surface area contributed by atoms with Crippen molar-refractivity contribution in [2.75, 3.05) is 0 Å². The van der Waals surface area contributed by atoms with Crippen LogP contribution < -0.4 is 0 Å². The highest BCUT2D eigenvalue weighted by molar-refractivity contribution is 9.10. The van der Waals surface area contributed by atoms with Crippen LogP contribution in [0, 0.1) is 0 Å². The third-order valence-electron chi connectivity index (χ3n) is 2.04. The highest BCUT2D eigenvalue weighted by atomic mass is 79.9. The van der Waals surface area contributed by atoms with Gasteiger partial charge in [-0.3, -0.25) is 4.79 Å². The lowest BCUT2D eigenvalue weighted by atomic mass is 9.97. The Balaban J connectivity index is 3.10. The average Bonchev–Trinajstić information content (AvgIpc) is 2.09. The van der Waals surface area contributed by atoms with Crippen LogP contribution in [0.2, 0.25) is 5.02 Å². The van der Waals surface area contributed by atoms with Gasteiger partial charge >= 0.3 is 5.97 Å². The van der Waals surface area contributed by atoms with Crippen LogP contribution in [0.1, 0.15) is 24.8 Å². The highest BCUT2D eigenvalue weighted by Crippen LogP contribution is 2.29. The molecule has 0 aliphatic heterocycles. The molecule has 1 atom stereocenters. The van der Waals surface area contributed by atoms with E-state index in [9.17, 15) is 4.79 Å². The van der Waals surface area contributed by atoms with Crippen molar-refractivity contribution in [3.8, 4) is 0 Å². The third-order valence-corrected chi connectivity index (χ3v) is 2.86. The lowest BCUT2D eigenvalue weighted by Crippen LogP contribution is -2.10. The van der Waals surface area contributed by atoms with E-state index in [0.29, 0.717) is 17.0 Å².